The minimum absolute atomic E-state index is 0.0835. The lowest BCUT2D eigenvalue weighted by Crippen LogP contribution is -2.37. The van der Waals surface area contributed by atoms with E-state index in [2.05, 4.69) is 26.6 Å². The van der Waals surface area contributed by atoms with Gasteiger partial charge in [-0.15, -0.1) is 0 Å². The zero-order chi connectivity index (χ0) is 13.1. The molecule has 2 N–H and O–H groups in total. The summed E-state index contributed by atoms with van der Waals surface area (Å²) in [4.78, 5) is 23.0. The summed E-state index contributed by atoms with van der Waals surface area (Å²) in [5.74, 6) is 0.360. The summed E-state index contributed by atoms with van der Waals surface area (Å²) in [6, 6.07) is 4.85. The lowest BCUT2D eigenvalue weighted by atomic mass is 10.2. The van der Waals surface area contributed by atoms with Gasteiger partial charge in [0.2, 0.25) is 11.8 Å². The van der Waals surface area contributed by atoms with Crippen molar-refractivity contribution >= 4 is 33.4 Å². The molecule has 1 saturated heterocycles. The molecule has 2 amide bonds. The first kappa shape index (κ1) is 12.9. The van der Waals surface area contributed by atoms with Gasteiger partial charge in [-0.25, -0.2) is 0 Å². The van der Waals surface area contributed by atoms with E-state index in [0.29, 0.717) is 24.3 Å². The summed E-state index contributed by atoms with van der Waals surface area (Å²) in [5.41, 5.74) is 0.625. The monoisotopic (exact) mass is 312 g/mol. The van der Waals surface area contributed by atoms with Gasteiger partial charge in [0.15, 0.2) is 0 Å². The highest BCUT2D eigenvalue weighted by Crippen LogP contribution is 2.27. The van der Waals surface area contributed by atoms with Gasteiger partial charge in [-0.3, -0.25) is 9.59 Å². The Morgan fingerprint density at radius 3 is 2.94 bits per heavy atom. The molecule has 2 rings (SSSR count). The fraction of sp³-hybridized carbons (Fsp3) is 0.333. The minimum atomic E-state index is -0.449. The summed E-state index contributed by atoms with van der Waals surface area (Å²) in [5, 5.41) is 5.39. The van der Waals surface area contributed by atoms with Crippen molar-refractivity contribution in [1.82, 2.24) is 5.32 Å². The first-order chi connectivity index (χ1) is 8.60. The molecule has 18 heavy (non-hydrogen) atoms. The van der Waals surface area contributed by atoms with Gasteiger partial charge in [0.05, 0.1) is 12.8 Å². The number of carbonyl (C=O) groups is 2. The standard InChI is InChI=1S/C12H13BrN2O3/c1-18-7-2-3-8(13)10(6-7)15-12(17)9-4-5-11(16)14-9/h2-3,6,9H,4-5H2,1H3,(H,14,16)(H,15,17). The second-order valence-electron chi connectivity index (χ2n) is 3.99. The number of amides is 2. The Balaban J connectivity index is 2.09. The van der Waals surface area contributed by atoms with E-state index < -0.39 is 6.04 Å². The SMILES string of the molecule is COc1ccc(Br)c(NC(=O)C2CCC(=O)N2)c1. The van der Waals surface area contributed by atoms with E-state index in [0.717, 1.165) is 4.47 Å². The molecule has 1 aliphatic heterocycles. The van der Waals surface area contributed by atoms with Crippen LogP contribution in [0.3, 0.4) is 0 Å². The summed E-state index contributed by atoms with van der Waals surface area (Å²) in [6.45, 7) is 0. The summed E-state index contributed by atoms with van der Waals surface area (Å²) >= 11 is 3.35. The summed E-state index contributed by atoms with van der Waals surface area (Å²) in [7, 11) is 1.56. The molecule has 1 aromatic carbocycles. The highest BCUT2D eigenvalue weighted by atomic mass is 79.9. The van der Waals surface area contributed by atoms with Gasteiger partial charge in [0.25, 0.3) is 0 Å². The number of nitrogens with one attached hydrogen (secondary N) is 2. The third-order valence-corrected chi connectivity index (χ3v) is 3.43. The highest BCUT2D eigenvalue weighted by Gasteiger charge is 2.27. The van der Waals surface area contributed by atoms with Crippen molar-refractivity contribution in [2.45, 2.75) is 18.9 Å². The van der Waals surface area contributed by atoms with E-state index >= 15 is 0 Å². The first-order valence-corrected chi connectivity index (χ1v) is 6.33. The number of anilines is 1. The highest BCUT2D eigenvalue weighted by molar-refractivity contribution is 9.10. The van der Waals surface area contributed by atoms with Crippen LogP contribution in [0.2, 0.25) is 0 Å². The Morgan fingerprint density at radius 1 is 1.56 bits per heavy atom. The van der Waals surface area contributed by atoms with Crippen LogP contribution in [0.5, 0.6) is 5.75 Å². The molecule has 1 aromatic rings. The van der Waals surface area contributed by atoms with Gasteiger partial charge in [0, 0.05) is 17.0 Å². The van der Waals surface area contributed by atoms with Crippen LogP contribution in [0.15, 0.2) is 22.7 Å². The van der Waals surface area contributed by atoms with E-state index in [1.54, 1.807) is 25.3 Å². The Kier molecular flexibility index (Phi) is 3.86. The molecule has 1 unspecified atom stereocenters. The van der Waals surface area contributed by atoms with Crippen LogP contribution >= 0.6 is 15.9 Å². The maximum Gasteiger partial charge on any atom is 0.246 e. The molecule has 5 nitrogen and oxygen atoms in total. The van der Waals surface area contributed by atoms with Gasteiger partial charge in [0.1, 0.15) is 11.8 Å². The third-order valence-electron chi connectivity index (χ3n) is 2.74. The number of halogens is 1. The first-order valence-electron chi connectivity index (χ1n) is 5.54. The largest absolute Gasteiger partial charge is 0.497 e. The van der Waals surface area contributed by atoms with Crippen molar-refractivity contribution in [3.8, 4) is 5.75 Å². The predicted octanol–water partition coefficient (Wildman–Crippen LogP) is 1.67. The number of rotatable bonds is 3. The number of carbonyl (C=O) groups excluding carboxylic acids is 2. The fourth-order valence-electron chi connectivity index (χ4n) is 1.76. The number of hydrogen-bond donors (Lipinski definition) is 2. The molecular weight excluding hydrogens is 300 g/mol. The second kappa shape index (κ2) is 5.39. The van der Waals surface area contributed by atoms with Gasteiger partial charge < -0.3 is 15.4 Å². The van der Waals surface area contributed by atoms with E-state index in [1.165, 1.54) is 0 Å². The topological polar surface area (TPSA) is 67.4 Å². The van der Waals surface area contributed by atoms with Crippen LogP contribution in [-0.4, -0.2) is 25.0 Å². The number of benzene rings is 1. The van der Waals surface area contributed by atoms with Crippen molar-refractivity contribution in [3.63, 3.8) is 0 Å². The molecule has 1 aliphatic rings. The summed E-state index contributed by atoms with van der Waals surface area (Å²) in [6.07, 6.45) is 0.934. The van der Waals surface area contributed by atoms with E-state index in [4.69, 9.17) is 4.74 Å². The normalized spacial score (nSPS) is 18.3. The maximum absolute atomic E-state index is 11.9. The van der Waals surface area contributed by atoms with Gasteiger partial charge in [-0.2, -0.15) is 0 Å². The zero-order valence-electron chi connectivity index (χ0n) is 9.83. The van der Waals surface area contributed by atoms with Crippen molar-refractivity contribution < 1.29 is 14.3 Å². The fourth-order valence-corrected chi connectivity index (χ4v) is 2.10. The second-order valence-corrected chi connectivity index (χ2v) is 4.85. The Labute approximate surface area is 113 Å². The Hall–Kier alpha value is -1.56. The third kappa shape index (κ3) is 2.81. The van der Waals surface area contributed by atoms with E-state index in [1.807, 2.05) is 0 Å². The van der Waals surface area contributed by atoms with Gasteiger partial charge in [-0.05, 0) is 34.5 Å². The quantitative estimate of drug-likeness (QED) is 0.892. The van der Waals surface area contributed by atoms with Crippen molar-refractivity contribution in [3.05, 3.63) is 22.7 Å². The van der Waals surface area contributed by atoms with Gasteiger partial charge >= 0.3 is 0 Å². The number of methoxy groups -OCH3 is 1. The summed E-state index contributed by atoms with van der Waals surface area (Å²) < 4.78 is 5.86. The molecule has 6 heteroatoms. The average molecular weight is 313 g/mol. The molecule has 0 aromatic heterocycles. The zero-order valence-corrected chi connectivity index (χ0v) is 11.4. The van der Waals surface area contributed by atoms with Crippen LogP contribution in [-0.2, 0) is 9.59 Å². The lowest BCUT2D eigenvalue weighted by Gasteiger charge is -2.13. The molecule has 1 fully saturated rings. The molecule has 0 aliphatic carbocycles. The average Bonchev–Trinajstić information content (AvgIpc) is 2.79. The van der Waals surface area contributed by atoms with Crippen molar-refractivity contribution in [1.29, 1.82) is 0 Å². The van der Waals surface area contributed by atoms with Crippen molar-refractivity contribution in [2.24, 2.45) is 0 Å². The molecule has 0 saturated carbocycles. The Bertz CT molecular complexity index is 490. The van der Waals surface area contributed by atoms with E-state index in [9.17, 15) is 9.59 Å². The molecule has 0 bridgehead atoms. The van der Waals surface area contributed by atoms with Crippen LogP contribution < -0.4 is 15.4 Å². The molecular formula is C12H13BrN2O3. The van der Waals surface area contributed by atoms with Crippen molar-refractivity contribution in [2.75, 3.05) is 12.4 Å². The lowest BCUT2D eigenvalue weighted by molar-refractivity contribution is -0.122. The molecule has 0 spiro atoms. The number of hydrogen-bond acceptors (Lipinski definition) is 3. The van der Waals surface area contributed by atoms with Gasteiger partial charge in [-0.1, -0.05) is 0 Å². The maximum atomic E-state index is 11.9. The molecule has 1 atom stereocenters. The molecule has 0 radical (unpaired) electrons. The van der Waals surface area contributed by atoms with E-state index in [-0.39, 0.29) is 11.8 Å². The van der Waals surface area contributed by atoms with Crippen LogP contribution in [0.4, 0.5) is 5.69 Å². The smallest absolute Gasteiger partial charge is 0.246 e. The van der Waals surface area contributed by atoms with Crippen LogP contribution in [0.25, 0.3) is 0 Å². The molecule has 1 heterocycles. The van der Waals surface area contributed by atoms with Crippen LogP contribution in [0.1, 0.15) is 12.8 Å². The van der Waals surface area contributed by atoms with Crippen LogP contribution in [0, 0.1) is 0 Å². The number of ether oxygens (including phenoxy) is 1. The Morgan fingerprint density at radius 2 is 2.33 bits per heavy atom. The predicted molar refractivity (Wildman–Crippen MR) is 70.5 cm³/mol. The minimum Gasteiger partial charge on any atom is -0.497 e. The molecule has 96 valence electrons.